The normalized spacial score (nSPS) is 12.7. The molecule has 1 atom stereocenters. The lowest BCUT2D eigenvalue weighted by Crippen LogP contribution is -1.89. The molecule has 0 radical (unpaired) electrons. The van der Waals surface area contributed by atoms with Gasteiger partial charge in [0, 0.05) is 9.75 Å². The second-order valence-corrected chi connectivity index (χ2v) is 6.35. The predicted molar refractivity (Wildman–Crippen MR) is 70.7 cm³/mol. The highest BCUT2D eigenvalue weighted by Gasteiger charge is 2.17. The third-order valence-electron chi connectivity index (χ3n) is 2.12. The van der Waals surface area contributed by atoms with Gasteiger partial charge in [0.1, 0.15) is 5.75 Å². The van der Waals surface area contributed by atoms with Crippen molar-refractivity contribution in [2.24, 2.45) is 0 Å². The van der Waals surface area contributed by atoms with E-state index in [1.165, 1.54) is 14.6 Å². The van der Waals surface area contributed by atoms with Crippen LogP contribution < -0.4 is 4.74 Å². The van der Waals surface area contributed by atoms with E-state index in [9.17, 15) is 0 Å². The zero-order valence-corrected chi connectivity index (χ0v) is 11.7. The van der Waals surface area contributed by atoms with Crippen molar-refractivity contribution in [2.75, 3.05) is 7.11 Å². The summed E-state index contributed by atoms with van der Waals surface area (Å²) in [7, 11) is 1.71. The van der Waals surface area contributed by atoms with Crippen molar-refractivity contribution in [3.05, 3.63) is 38.2 Å². The molecule has 0 amide bonds. The van der Waals surface area contributed by atoms with Crippen LogP contribution in [0, 0.1) is 6.92 Å². The number of ether oxygens (including phenoxy) is 1. The number of thiophene rings is 2. The monoisotopic (exact) mass is 302 g/mol. The van der Waals surface area contributed by atoms with Crippen LogP contribution in [0.3, 0.4) is 0 Å². The Morgan fingerprint density at radius 1 is 1.33 bits per heavy atom. The topological polar surface area (TPSA) is 9.23 Å². The van der Waals surface area contributed by atoms with Crippen molar-refractivity contribution in [3.63, 3.8) is 0 Å². The van der Waals surface area contributed by atoms with Crippen LogP contribution in [0.2, 0.25) is 0 Å². The Hall–Kier alpha value is -0.320. The van der Waals surface area contributed by atoms with Crippen molar-refractivity contribution in [2.45, 2.75) is 11.8 Å². The Bertz CT molecular complexity index is 447. The van der Waals surface area contributed by atoms with Crippen LogP contribution >= 0.6 is 38.6 Å². The minimum absolute atomic E-state index is 0.256. The van der Waals surface area contributed by atoms with Crippen LogP contribution in [0.5, 0.6) is 5.75 Å². The molecule has 0 aliphatic carbocycles. The van der Waals surface area contributed by atoms with Crippen LogP contribution in [0.4, 0.5) is 0 Å². The van der Waals surface area contributed by atoms with E-state index < -0.39 is 0 Å². The molecule has 0 aliphatic heterocycles. The van der Waals surface area contributed by atoms with Gasteiger partial charge in [-0.3, -0.25) is 0 Å². The van der Waals surface area contributed by atoms with E-state index >= 15 is 0 Å². The van der Waals surface area contributed by atoms with Crippen molar-refractivity contribution in [1.82, 2.24) is 0 Å². The number of rotatable bonds is 3. The molecule has 1 unspecified atom stereocenters. The van der Waals surface area contributed by atoms with Gasteiger partial charge < -0.3 is 4.74 Å². The van der Waals surface area contributed by atoms with E-state index in [0.717, 1.165) is 5.75 Å². The van der Waals surface area contributed by atoms with Gasteiger partial charge in [0.05, 0.1) is 16.8 Å². The molecule has 4 heteroatoms. The molecular formula is C11H11BrOS2. The summed E-state index contributed by atoms with van der Waals surface area (Å²) in [5.74, 6) is 0.966. The molecule has 0 saturated carbocycles. The molecule has 1 nitrogen and oxygen atoms in total. The lowest BCUT2D eigenvalue weighted by molar-refractivity contribution is 0.413. The maximum Gasteiger partial charge on any atom is 0.134 e. The van der Waals surface area contributed by atoms with Gasteiger partial charge >= 0.3 is 0 Å². The number of hydrogen-bond acceptors (Lipinski definition) is 3. The summed E-state index contributed by atoms with van der Waals surface area (Å²) in [4.78, 5) is 4.16. The van der Waals surface area contributed by atoms with E-state index in [4.69, 9.17) is 4.74 Å². The van der Waals surface area contributed by atoms with Crippen molar-refractivity contribution < 1.29 is 4.74 Å². The molecule has 2 heterocycles. The summed E-state index contributed by atoms with van der Waals surface area (Å²) in [5.41, 5.74) is 0. The van der Waals surface area contributed by atoms with E-state index in [1.54, 1.807) is 18.4 Å². The molecule has 2 aromatic heterocycles. The predicted octanol–water partition coefficient (Wildman–Crippen LogP) is 4.61. The van der Waals surface area contributed by atoms with Crippen LogP contribution in [0.1, 0.15) is 19.5 Å². The Kier molecular flexibility index (Phi) is 3.49. The molecule has 15 heavy (non-hydrogen) atoms. The second-order valence-electron chi connectivity index (χ2n) is 3.16. The summed E-state index contributed by atoms with van der Waals surface area (Å²) in [6.45, 7) is 2.12. The second kappa shape index (κ2) is 4.68. The zero-order valence-electron chi connectivity index (χ0n) is 8.49. The first-order chi connectivity index (χ1) is 7.22. The van der Waals surface area contributed by atoms with Gasteiger partial charge in [-0.1, -0.05) is 15.9 Å². The van der Waals surface area contributed by atoms with Gasteiger partial charge in [0.15, 0.2) is 0 Å². The Labute approximate surface area is 106 Å². The maximum absolute atomic E-state index is 5.32. The molecule has 0 spiro atoms. The molecule has 80 valence electrons. The molecule has 0 aromatic carbocycles. The van der Waals surface area contributed by atoms with Crippen LogP contribution in [-0.4, -0.2) is 7.11 Å². The van der Waals surface area contributed by atoms with E-state index in [1.807, 2.05) is 17.4 Å². The van der Waals surface area contributed by atoms with Gasteiger partial charge in [0.25, 0.3) is 0 Å². The summed E-state index contributed by atoms with van der Waals surface area (Å²) < 4.78 is 5.32. The van der Waals surface area contributed by atoms with Gasteiger partial charge in [-0.25, -0.2) is 0 Å². The lowest BCUT2D eigenvalue weighted by atomic mass is 10.3. The van der Waals surface area contributed by atoms with E-state index in [-0.39, 0.29) is 4.83 Å². The summed E-state index contributed by atoms with van der Waals surface area (Å²) in [5, 5.41) is 2.06. The summed E-state index contributed by atoms with van der Waals surface area (Å²) in [6.07, 6.45) is 0. The fourth-order valence-corrected chi connectivity index (χ4v) is 4.16. The van der Waals surface area contributed by atoms with Gasteiger partial charge in [-0.15, -0.1) is 22.7 Å². The zero-order chi connectivity index (χ0) is 10.8. The molecule has 2 rings (SSSR count). The van der Waals surface area contributed by atoms with Crippen LogP contribution in [0.15, 0.2) is 23.6 Å². The first kappa shape index (κ1) is 11.2. The van der Waals surface area contributed by atoms with Crippen LogP contribution in [-0.2, 0) is 0 Å². The highest BCUT2D eigenvalue weighted by molar-refractivity contribution is 9.09. The molecule has 2 aromatic rings. The molecule has 0 bridgehead atoms. The first-order valence-electron chi connectivity index (χ1n) is 4.54. The Balaban J connectivity index is 2.31. The fourth-order valence-electron chi connectivity index (χ4n) is 1.38. The van der Waals surface area contributed by atoms with E-state index in [0.29, 0.717) is 0 Å². The molecule has 0 aliphatic rings. The molecule has 0 N–H and O–H groups in total. The summed E-state index contributed by atoms with van der Waals surface area (Å²) >= 11 is 7.26. The smallest absolute Gasteiger partial charge is 0.134 e. The van der Waals surface area contributed by atoms with Gasteiger partial charge in [-0.05, 0) is 30.5 Å². The fraction of sp³-hybridized carbons (Fsp3) is 0.273. The van der Waals surface area contributed by atoms with E-state index in [2.05, 4.69) is 40.4 Å². The highest BCUT2D eigenvalue weighted by Crippen LogP contribution is 2.42. The van der Waals surface area contributed by atoms with Gasteiger partial charge in [0.2, 0.25) is 0 Å². The number of alkyl halides is 1. The molecule has 0 fully saturated rings. The van der Waals surface area contributed by atoms with Gasteiger partial charge in [-0.2, -0.15) is 0 Å². The number of halogens is 1. The summed E-state index contributed by atoms with van der Waals surface area (Å²) in [6, 6.07) is 6.32. The number of hydrogen-bond donors (Lipinski definition) is 0. The van der Waals surface area contributed by atoms with Crippen molar-refractivity contribution in [3.8, 4) is 5.75 Å². The van der Waals surface area contributed by atoms with Crippen LogP contribution in [0.25, 0.3) is 0 Å². The minimum atomic E-state index is 0.256. The third-order valence-corrected chi connectivity index (χ3v) is 5.70. The average Bonchev–Trinajstić information content (AvgIpc) is 2.84. The van der Waals surface area contributed by atoms with Crippen molar-refractivity contribution >= 4 is 38.6 Å². The quantitative estimate of drug-likeness (QED) is 0.752. The lowest BCUT2D eigenvalue weighted by Gasteiger charge is -2.07. The highest BCUT2D eigenvalue weighted by atomic mass is 79.9. The molecule has 0 saturated heterocycles. The maximum atomic E-state index is 5.32. The Morgan fingerprint density at radius 2 is 2.13 bits per heavy atom. The van der Waals surface area contributed by atoms with Crippen molar-refractivity contribution in [1.29, 1.82) is 0 Å². The number of aryl methyl sites for hydroxylation is 1. The average molecular weight is 303 g/mol. The Morgan fingerprint density at radius 3 is 2.73 bits per heavy atom. The standard InChI is InChI=1S/C11H11BrOS2/c1-7-3-4-9(15-7)10(12)11-8(13-2)5-6-14-11/h3-6,10H,1-2H3. The first-order valence-corrected chi connectivity index (χ1v) is 7.15. The minimum Gasteiger partial charge on any atom is -0.496 e. The SMILES string of the molecule is COc1ccsc1C(Br)c1ccc(C)s1. The largest absolute Gasteiger partial charge is 0.496 e. The number of methoxy groups -OCH3 is 1. The molecular weight excluding hydrogens is 292 g/mol. The third kappa shape index (κ3) is 2.27.